The molecule has 0 amide bonds. The Hall–Kier alpha value is -0.813. The van der Waals surface area contributed by atoms with Gasteiger partial charge in [-0.3, -0.25) is 4.98 Å². The number of carboxylic acids is 1. The molecular formula is C14H14CeN2O2S. The van der Waals surface area contributed by atoms with Crippen molar-refractivity contribution >= 4 is 29.5 Å². The third kappa shape index (κ3) is 4.94. The molecule has 0 unspecified atom stereocenters. The first kappa shape index (κ1) is 24.2. The van der Waals surface area contributed by atoms with Crippen molar-refractivity contribution in [1.82, 2.24) is 4.98 Å². The van der Waals surface area contributed by atoms with Crippen molar-refractivity contribution in [2.75, 3.05) is 0 Å². The number of rotatable bonds is 1. The van der Waals surface area contributed by atoms with Crippen LogP contribution in [0.5, 0.6) is 0 Å². The Morgan fingerprint density at radius 1 is 1.25 bits per heavy atom. The zero-order valence-corrected chi connectivity index (χ0v) is 15.4. The molecule has 0 aliphatic rings. The van der Waals surface area contributed by atoms with E-state index in [9.17, 15) is 4.79 Å². The first-order chi connectivity index (χ1) is 7.61. The van der Waals surface area contributed by atoms with Crippen LogP contribution < -0.4 is 0 Å². The van der Waals surface area contributed by atoms with E-state index in [2.05, 4.69) is 4.98 Å². The van der Waals surface area contributed by atoms with Gasteiger partial charge in [-0.15, -0.1) is 4.90 Å². The molecule has 0 bridgehead atoms. The minimum atomic E-state index is -1.05. The Labute approximate surface area is 159 Å². The number of aromatic carboxylic acids is 1. The summed E-state index contributed by atoms with van der Waals surface area (Å²) in [7, 11) is 0. The number of carbonyl (C=O) groups is 1. The van der Waals surface area contributed by atoms with Crippen LogP contribution in [0, 0.1) is 75.4 Å². The van der Waals surface area contributed by atoms with Crippen molar-refractivity contribution < 1.29 is 51.6 Å². The predicted molar refractivity (Wildman–Crippen MR) is 78.3 cm³/mol. The SMILES string of the molecule is N#Cc1cc([S-])c2ncc(C(=O)O)cc2c1.[CH3-].[CH3-].[CH3-].[Ce+4]. The minimum Gasteiger partial charge on any atom is -0.778 e. The minimum absolute atomic E-state index is 0. The van der Waals surface area contributed by atoms with Gasteiger partial charge in [0.2, 0.25) is 0 Å². The average Bonchev–Trinajstić information content (AvgIpc) is 2.28. The molecule has 0 spiro atoms. The molecule has 1 aromatic carbocycles. The summed E-state index contributed by atoms with van der Waals surface area (Å²) in [4.78, 5) is 15.2. The van der Waals surface area contributed by atoms with Crippen LogP contribution in [0.4, 0.5) is 0 Å². The fourth-order valence-corrected chi connectivity index (χ4v) is 1.70. The number of benzene rings is 1. The second-order valence-electron chi connectivity index (χ2n) is 3.19. The average molecular weight is 414 g/mol. The smallest absolute Gasteiger partial charge is 0.778 e. The van der Waals surface area contributed by atoms with Crippen molar-refractivity contribution in [3.05, 3.63) is 57.8 Å². The third-order valence-corrected chi connectivity index (χ3v) is 2.44. The first-order valence-electron chi connectivity index (χ1n) is 4.36. The van der Waals surface area contributed by atoms with E-state index in [1.165, 1.54) is 12.3 Å². The molecule has 20 heavy (non-hydrogen) atoms. The summed E-state index contributed by atoms with van der Waals surface area (Å²) in [6.07, 6.45) is 1.26. The van der Waals surface area contributed by atoms with E-state index in [-0.39, 0.29) is 69.6 Å². The summed E-state index contributed by atoms with van der Waals surface area (Å²) >= 11 is 5.06. The molecule has 102 valence electrons. The van der Waals surface area contributed by atoms with Gasteiger partial charge in [0, 0.05) is 11.6 Å². The molecule has 2 aromatic rings. The Balaban J connectivity index is -0.000000722. The predicted octanol–water partition coefficient (Wildman–Crippen LogP) is 3.06. The van der Waals surface area contributed by atoms with E-state index >= 15 is 0 Å². The maximum Gasteiger partial charge on any atom is 4.00 e. The Morgan fingerprint density at radius 2 is 1.85 bits per heavy atom. The van der Waals surface area contributed by atoms with Gasteiger partial charge in [0.1, 0.15) is 0 Å². The third-order valence-electron chi connectivity index (χ3n) is 2.12. The van der Waals surface area contributed by atoms with Crippen molar-refractivity contribution in [2.24, 2.45) is 0 Å². The summed E-state index contributed by atoms with van der Waals surface area (Å²) in [6.45, 7) is 0. The van der Waals surface area contributed by atoms with E-state index in [0.717, 1.165) is 0 Å². The van der Waals surface area contributed by atoms with Gasteiger partial charge in [0.25, 0.3) is 0 Å². The quantitative estimate of drug-likeness (QED) is 0.574. The largest absolute Gasteiger partial charge is 4.00 e. The number of carboxylic acid groups (broad SMARTS) is 1. The summed E-state index contributed by atoms with van der Waals surface area (Å²) in [5.41, 5.74) is 1.03. The fraction of sp³-hybridized carbons (Fsp3) is 0. The molecule has 2 rings (SSSR count). The monoisotopic (exact) mass is 414 g/mol. The number of fused-ring (bicyclic) bond motifs is 1. The van der Waals surface area contributed by atoms with Crippen LogP contribution in [0.2, 0.25) is 0 Å². The number of hydrogen-bond acceptors (Lipinski definition) is 4. The van der Waals surface area contributed by atoms with Crippen LogP contribution >= 0.6 is 0 Å². The van der Waals surface area contributed by atoms with Gasteiger partial charge >= 0.3 is 47.7 Å². The second kappa shape index (κ2) is 9.99. The normalized spacial score (nSPS) is 7.95. The molecule has 0 aliphatic carbocycles. The van der Waals surface area contributed by atoms with Gasteiger partial charge in [-0.25, -0.2) is 4.79 Å². The van der Waals surface area contributed by atoms with Crippen LogP contribution in [0.15, 0.2) is 29.3 Å². The summed E-state index contributed by atoms with van der Waals surface area (Å²) in [5, 5.41) is 18.1. The fourth-order valence-electron chi connectivity index (χ4n) is 1.40. The number of hydrogen-bond donors (Lipinski definition) is 1. The topological polar surface area (TPSA) is 74.0 Å². The van der Waals surface area contributed by atoms with Gasteiger partial charge in [-0.2, -0.15) is 5.26 Å². The molecule has 0 fully saturated rings. The maximum atomic E-state index is 10.8. The zero-order chi connectivity index (χ0) is 11.7. The van der Waals surface area contributed by atoms with E-state index < -0.39 is 5.97 Å². The van der Waals surface area contributed by atoms with E-state index in [0.29, 0.717) is 21.4 Å². The number of aromatic nitrogens is 1. The molecule has 1 aromatic heterocycles. The Morgan fingerprint density at radius 3 is 2.35 bits per heavy atom. The molecule has 0 saturated heterocycles. The van der Waals surface area contributed by atoms with E-state index in [1.807, 2.05) is 6.07 Å². The van der Waals surface area contributed by atoms with Crippen LogP contribution in [0.25, 0.3) is 10.9 Å². The molecule has 1 heterocycles. The molecular weight excluding hydrogens is 400 g/mol. The van der Waals surface area contributed by atoms with E-state index in [1.54, 1.807) is 12.1 Å². The summed E-state index contributed by atoms with van der Waals surface area (Å²) < 4.78 is 0. The summed E-state index contributed by atoms with van der Waals surface area (Å²) in [5.74, 6) is -1.05. The van der Waals surface area contributed by atoms with Crippen LogP contribution in [0.3, 0.4) is 0 Å². The Bertz CT molecular complexity index is 639. The standard InChI is InChI=1S/C11H6N2O2S.3CH3.Ce/c12-4-6-1-7-3-8(11(14)15)5-13-10(7)9(16)2-6;;;;/h1-3,5,16H,(H,14,15);3*1H3;/q;3*-1;+4/p-1. The maximum absolute atomic E-state index is 10.8. The summed E-state index contributed by atoms with van der Waals surface area (Å²) in [6, 6.07) is 6.55. The van der Waals surface area contributed by atoms with Crippen LogP contribution in [-0.2, 0) is 12.6 Å². The molecule has 1 N–H and O–H groups in total. The van der Waals surface area contributed by atoms with E-state index in [4.69, 9.17) is 23.0 Å². The first-order valence-corrected chi connectivity index (χ1v) is 4.77. The van der Waals surface area contributed by atoms with Gasteiger partial charge in [-0.05, 0) is 12.1 Å². The Kier molecular flexibility index (Phi) is 12.1. The van der Waals surface area contributed by atoms with Crippen molar-refractivity contribution in [1.29, 1.82) is 5.26 Å². The van der Waals surface area contributed by atoms with Crippen molar-refractivity contribution in [3.8, 4) is 6.07 Å². The molecule has 0 atom stereocenters. The van der Waals surface area contributed by atoms with Gasteiger partial charge < -0.3 is 40.0 Å². The van der Waals surface area contributed by atoms with Gasteiger partial charge in [0.15, 0.2) is 0 Å². The molecule has 6 heteroatoms. The van der Waals surface area contributed by atoms with Gasteiger partial charge in [-0.1, -0.05) is 6.07 Å². The number of nitrogens with zero attached hydrogens (tertiary/aromatic N) is 2. The molecule has 4 nitrogen and oxygen atoms in total. The van der Waals surface area contributed by atoms with Crippen molar-refractivity contribution in [3.63, 3.8) is 0 Å². The van der Waals surface area contributed by atoms with Gasteiger partial charge in [0.05, 0.1) is 22.7 Å². The zero-order valence-electron chi connectivity index (χ0n) is 11.5. The molecule has 0 saturated carbocycles. The molecule has 0 aliphatic heterocycles. The van der Waals surface area contributed by atoms with Crippen LogP contribution in [0.1, 0.15) is 15.9 Å². The number of nitriles is 1. The second-order valence-corrected chi connectivity index (χ2v) is 3.63. The molecule has 0 radical (unpaired) electrons. The van der Waals surface area contributed by atoms with Crippen LogP contribution in [-0.4, -0.2) is 16.1 Å². The number of pyridine rings is 1. The van der Waals surface area contributed by atoms with Crippen molar-refractivity contribution in [2.45, 2.75) is 4.90 Å².